The fourth-order valence-electron chi connectivity index (χ4n) is 1.08. The molecule has 0 aromatic heterocycles. The van der Waals surface area contributed by atoms with Crippen molar-refractivity contribution in [3.63, 3.8) is 0 Å². The molecule has 76 valence electrons. The molecule has 0 rings (SSSR count). The number of carbonyl (C=O) groups excluding carboxylic acids is 1. The third kappa shape index (κ3) is 4.20. The van der Waals surface area contributed by atoms with Gasteiger partial charge in [0, 0.05) is 0 Å². The van der Waals surface area contributed by atoms with E-state index in [0.717, 1.165) is 6.42 Å². The molecular weight excluding hydrogens is 166 g/mol. The molecule has 0 saturated heterocycles. The van der Waals surface area contributed by atoms with Crippen molar-refractivity contribution in [3.05, 3.63) is 12.2 Å². The molecule has 0 aliphatic carbocycles. The van der Waals surface area contributed by atoms with Gasteiger partial charge in [0.05, 0.1) is 12.1 Å². The summed E-state index contributed by atoms with van der Waals surface area (Å²) in [5.41, 5.74) is 5.51. The minimum Gasteiger partial charge on any atom is -0.391 e. The fraction of sp³-hybridized carbons (Fsp3) is 0.700. The Kier molecular flexibility index (Phi) is 5.58. The highest BCUT2D eigenvalue weighted by Crippen LogP contribution is 2.11. The van der Waals surface area contributed by atoms with Gasteiger partial charge >= 0.3 is 0 Å². The Morgan fingerprint density at radius 3 is 2.54 bits per heavy atom. The summed E-state index contributed by atoms with van der Waals surface area (Å²) in [7, 11) is 0. The van der Waals surface area contributed by atoms with E-state index in [1.807, 2.05) is 26.0 Å². The Labute approximate surface area is 79.6 Å². The summed E-state index contributed by atoms with van der Waals surface area (Å²) in [4.78, 5) is 10.9. The number of rotatable bonds is 5. The van der Waals surface area contributed by atoms with Gasteiger partial charge in [-0.15, -0.1) is 0 Å². The molecule has 0 amide bonds. The predicted octanol–water partition coefficient (Wildman–Crippen LogP) is 0.866. The lowest BCUT2D eigenvalue weighted by atomic mass is 9.93. The molecule has 0 spiro atoms. The van der Waals surface area contributed by atoms with E-state index in [2.05, 4.69) is 0 Å². The third-order valence-corrected chi connectivity index (χ3v) is 2.16. The molecule has 0 radical (unpaired) electrons. The highest BCUT2D eigenvalue weighted by molar-refractivity contribution is 5.81. The summed E-state index contributed by atoms with van der Waals surface area (Å²) >= 11 is 0. The molecule has 0 aromatic carbocycles. The van der Waals surface area contributed by atoms with Crippen LogP contribution in [0.1, 0.15) is 27.2 Å². The average molecular weight is 185 g/mol. The lowest BCUT2D eigenvalue weighted by molar-refractivity contribution is -0.121. The number of aliphatic hydroxyl groups excluding tert-OH is 1. The smallest absolute Gasteiger partial charge is 0.149 e. The summed E-state index contributed by atoms with van der Waals surface area (Å²) in [6.07, 6.45) is 3.88. The average Bonchev–Trinajstić information content (AvgIpc) is 2.11. The summed E-state index contributed by atoms with van der Waals surface area (Å²) < 4.78 is 0. The van der Waals surface area contributed by atoms with E-state index in [-0.39, 0.29) is 11.7 Å². The van der Waals surface area contributed by atoms with Gasteiger partial charge in [-0.25, -0.2) is 0 Å². The number of Topliss-reactive ketones (excluding diaryl/α,β-unsaturated/α-hetero) is 1. The van der Waals surface area contributed by atoms with Crippen molar-refractivity contribution in [2.45, 2.75) is 39.3 Å². The summed E-state index contributed by atoms with van der Waals surface area (Å²) in [6.45, 7) is 5.20. The minimum atomic E-state index is -0.750. The molecule has 1 unspecified atom stereocenters. The first kappa shape index (κ1) is 12.3. The Balaban J connectivity index is 4.08. The number of ketones is 1. The first-order valence-electron chi connectivity index (χ1n) is 4.56. The van der Waals surface area contributed by atoms with Gasteiger partial charge in [-0.3, -0.25) is 4.79 Å². The highest BCUT2D eigenvalue weighted by Gasteiger charge is 2.23. The van der Waals surface area contributed by atoms with Crippen molar-refractivity contribution in [3.8, 4) is 0 Å². The van der Waals surface area contributed by atoms with E-state index in [1.54, 1.807) is 0 Å². The van der Waals surface area contributed by atoms with E-state index in [0.29, 0.717) is 0 Å². The number of hydrogen-bond donors (Lipinski definition) is 2. The van der Waals surface area contributed by atoms with Crippen LogP contribution in [0, 0.1) is 5.92 Å². The Morgan fingerprint density at radius 2 is 2.15 bits per heavy atom. The fourth-order valence-corrected chi connectivity index (χ4v) is 1.08. The molecule has 0 aliphatic rings. The molecular formula is C10H19NO2. The van der Waals surface area contributed by atoms with Crippen LogP contribution in [0.4, 0.5) is 0 Å². The Bertz CT molecular complexity index is 189. The zero-order valence-electron chi connectivity index (χ0n) is 8.53. The van der Waals surface area contributed by atoms with Crippen LogP contribution in [0.3, 0.4) is 0 Å². The molecule has 0 saturated carbocycles. The molecule has 13 heavy (non-hydrogen) atoms. The van der Waals surface area contributed by atoms with E-state index < -0.39 is 12.1 Å². The first-order chi connectivity index (χ1) is 6.00. The lowest BCUT2D eigenvalue weighted by Crippen LogP contribution is -2.44. The Hall–Kier alpha value is -0.670. The minimum absolute atomic E-state index is 0.0232. The van der Waals surface area contributed by atoms with Gasteiger partial charge in [-0.2, -0.15) is 0 Å². The second-order valence-corrected chi connectivity index (χ2v) is 3.41. The second-order valence-electron chi connectivity index (χ2n) is 3.41. The maximum Gasteiger partial charge on any atom is 0.149 e. The highest BCUT2D eigenvalue weighted by atomic mass is 16.3. The van der Waals surface area contributed by atoms with E-state index in [9.17, 15) is 9.90 Å². The van der Waals surface area contributed by atoms with Crippen LogP contribution < -0.4 is 5.73 Å². The number of allylic oxidation sites excluding steroid dienone is 2. The quantitative estimate of drug-likeness (QED) is 0.625. The largest absolute Gasteiger partial charge is 0.391 e. The summed E-state index contributed by atoms with van der Waals surface area (Å²) in [5.74, 6) is -0.144. The number of hydrogen-bond acceptors (Lipinski definition) is 3. The topological polar surface area (TPSA) is 63.3 Å². The molecule has 3 N–H and O–H groups in total. The zero-order valence-corrected chi connectivity index (χ0v) is 8.53. The standard InChI is InChI=1S/C10H19NO2/c1-4-5-6-7(2)10(13)9(11)8(3)12/h4-5,7,9-10,13H,6,11H2,1-3H3/b5-4+/t7-,9?,10-/m1/s1. The van der Waals surface area contributed by atoms with Crippen molar-refractivity contribution < 1.29 is 9.90 Å². The molecule has 3 nitrogen and oxygen atoms in total. The summed E-state index contributed by atoms with van der Waals surface area (Å²) in [5, 5.41) is 9.60. The SMILES string of the molecule is C/C=C/C[C@@H](C)[C@@H](O)C(N)C(C)=O. The van der Waals surface area contributed by atoms with Crippen molar-refractivity contribution in [1.82, 2.24) is 0 Å². The van der Waals surface area contributed by atoms with Crippen LogP contribution in [0.2, 0.25) is 0 Å². The van der Waals surface area contributed by atoms with Crippen molar-refractivity contribution in [2.75, 3.05) is 0 Å². The normalized spacial score (nSPS) is 18.5. The lowest BCUT2D eigenvalue weighted by Gasteiger charge is -2.21. The molecule has 0 bridgehead atoms. The number of aliphatic hydroxyl groups is 1. The van der Waals surface area contributed by atoms with Crippen LogP contribution in [-0.2, 0) is 4.79 Å². The third-order valence-electron chi connectivity index (χ3n) is 2.16. The van der Waals surface area contributed by atoms with Gasteiger partial charge in [0.2, 0.25) is 0 Å². The van der Waals surface area contributed by atoms with Crippen LogP contribution >= 0.6 is 0 Å². The van der Waals surface area contributed by atoms with Crippen LogP contribution in [0.5, 0.6) is 0 Å². The van der Waals surface area contributed by atoms with Gasteiger partial charge < -0.3 is 10.8 Å². The molecule has 0 aromatic rings. The van der Waals surface area contributed by atoms with Gasteiger partial charge in [-0.1, -0.05) is 19.1 Å². The van der Waals surface area contributed by atoms with Crippen molar-refractivity contribution >= 4 is 5.78 Å². The van der Waals surface area contributed by atoms with Gasteiger partial charge in [-0.05, 0) is 26.2 Å². The van der Waals surface area contributed by atoms with Crippen molar-refractivity contribution in [2.24, 2.45) is 11.7 Å². The molecule has 3 heteroatoms. The van der Waals surface area contributed by atoms with E-state index >= 15 is 0 Å². The van der Waals surface area contributed by atoms with E-state index in [4.69, 9.17) is 5.73 Å². The maximum absolute atomic E-state index is 10.9. The number of carbonyl (C=O) groups is 1. The molecule has 0 fully saturated rings. The first-order valence-corrected chi connectivity index (χ1v) is 4.56. The Morgan fingerprint density at radius 1 is 1.62 bits per heavy atom. The maximum atomic E-state index is 10.9. The monoisotopic (exact) mass is 185 g/mol. The predicted molar refractivity (Wildman–Crippen MR) is 53.3 cm³/mol. The number of nitrogens with two attached hydrogens (primary N) is 1. The molecule has 0 aliphatic heterocycles. The summed E-state index contributed by atoms with van der Waals surface area (Å²) in [6, 6.07) is -0.750. The van der Waals surface area contributed by atoms with Crippen LogP contribution in [-0.4, -0.2) is 23.0 Å². The van der Waals surface area contributed by atoms with E-state index in [1.165, 1.54) is 6.92 Å². The van der Waals surface area contributed by atoms with Gasteiger partial charge in [0.15, 0.2) is 0 Å². The van der Waals surface area contributed by atoms with Crippen LogP contribution in [0.15, 0.2) is 12.2 Å². The molecule has 0 heterocycles. The zero-order chi connectivity index (χ0) is 10.4. The van der Waals surface area contributed by atoms with Gasteiger partial charge in [0.1, 0.15) is 5.78 Å². The van der Waals surface area contributed by atoms with Crippen LogP contribution in [0.25, 0.3) is 0 Å². The van der Waals surface area contributed by atoms with Gasteiger partial charge in [0.25, 0.3) is 0 Å². The molecule has 3 atom stereocenters. The van der Waals surface area contributed by atoms with Crippen molar-refractivity contribution in [1.29, 1.82) is 0 Å². The second kappa shape index (κ2) is 5.89.